The summed E-state index contributed by atoms with van der Waals surface area (Å²) in [5, 5.41) is 8.87. The summed E-state index contributed by atoms with van der Waals surface area (Å²) in [4.78, 5) is 54.0. The second-order valence-electron chi connectivity index (χ2n) is 15.9. The summed E-state index contributed by atoms with van der Waals surface area (Å²) >= 11 is 1.41. The number of likely N-dealkylation sites (tertiary alicyclic amines) is 1. The molecule has 1 aliphatic heterocycles. The molecule has 3 N–H and O–H groups in total. The molecular formula is C41H48N6O7S2. The Balaban J connectivity index is 1.22. The minimum atomic E-state index is -3.88. The number of rotatable bonds is 14. The van der Waals surface area contributed by atoms with Gasteiger partial charge in [-0.3, -0.25) is 19.1 Å². The number of carbonyl (C=O) groups is 3. The molecule has 2 saturated carbocycles. The topological polar surface area (TPSA) is 169 Å². The van der Waals surface area contributed by atoms with Crippen LogP contribution in [-0.2, 0) is 30.8 Å². The van der Waals surface area contributed by atoms with Crippen molar-refractivity contribution >= 4 is 55.1 Å². The van der Waals surface area contributed by atoms with E-state index in [1.165, 1.54) is 16.2 Å². The van der Waals surface area contributed by atoms with Crippen LogP contribution in [0, 0.1) is 11.3 Å². The van der Waals surface area contributed by atoms with Crippen LogP contribution in [0.25, 0.3) is 22.2 Å². The molecule has 0 spiro atoms. The van der Waals surface area contributed by atoms with Gasteiger partial charge in [-0.1, -0.05) is 64.1 Å². The number of methoxy groups -OCH3 is 1. The summed E-state index contributed by atoms with van der Waals surface area (Å²) in [5.41, 5.74) is 0.970. The van der Waals surface area contributed by atoms with Gasteiger partial charge in [0, 0.05) is 40.8 Å². The van der Waals surface area contributed by atoms with Crippen molar-refractivity contribution in [2.75, 3.05) is 19.0 Å². The van der Waals surface area contributed by atoms with Crippen molar-refractivity contribution in [3.8, 4) is 22.8 Å². The molecule has 3 heterocycles. The van der Waals surface area contributed by atoms with E-state index in [4.69, 9.17) is 14.5 Å². The molecule has 296 valence electrons. The third-order valence-electron chi connectivity index (χ3n) is 10.7. The summed E-state index contributed by atoms with van der Waals surface area (Å²) in [6, 6.07) is 15.2. The van der Waals surface area contributed by atoms with E-state index in [-0.39, 0.29) is 25.3 Å². The fourth-order valence-corrected chi connectivity index (χ4v) is 9.39. The third kappa shape index (κ3) is 7.97. The first-order valence-electron chi connectivity index (χ1n) is 18.9. The fraction of sp³-hybridized carbons (Fsp3) is 0.439. The SMILES string of the molecule is C=C[C@@H]1C[C@]1(NC(=O)C1CC(Oc2cc(-c3ccccc3)nc3cc(OC)ccc23)CN1C(=O)[C@@H](Nc1nc(CC)cs1)C(C)(C)C)C(=O)NS(=O)(=O)C1CC1. The monoisotopic (exact) mass is 800 g/mol. The Hall–Kier alpha value is -5.02. The van der Waals surface area contributed by atoms with Crippen molar-refractivity contribution in [3.63, 3.8) is 0 Å². The Labute approximate surface area is 331 Å². The van der Waals surface area contributed by atoms with E-state index in [2.05, 4.69) is 26.9 Å². The molecule has 15 heteroatoms. The number of aromatic nitrogens is 2. The first kappa shape index (κ1) is 39.2. The van der Waals surface area contributed by atoms with Crippen LogP contribution < -0.4 is 24.8 Å². The van der Waals surface area contributed by atoms with Crippen LogP contribution in [0.1, 0.15) is 59.1 Å². The maximum Gasteiger partial charge on any atom is 0.259 e. The lowest BCUT2D eigenvalue weighted by Crippen LogP contribution is -2.58. The molecule has 3 fully saturated rings. The number of sulfonamides is 1. The molecule has 7 rings (SSSR count). The molecule has 2 aromatic carbocycles. The molecular weight excluding hydrogens is 753 g/mol. The Kier molecular flexibility index (Phi) is 10.6. The maximum absolute atomic E-state index is 14.8. The molecule has 0 bridgehead atoms. The van der Waals surface area contributed by atoms with Gasteiger partial charge < -0.3 is 25.0 Å². The van der Waals surface area contributed by atoms with Gasteiger partial charge in [-0.25, -0.2) is 18.4 Å². The van der Waals surface area contributed by atoms with Gasteiger partial charge in [0.1, 0.15) is 35.2 Å². The molecule has 2 unspecified atom stereocenters. The summed E-state index contributed by atoms with van der Waals surface area (Å²) < 4.78 is 40.0. The summed E-state index contributed by atoms with van der Waals surface area (Å²) in [7, 11) is -2.30. The Morgan fingerprint density at radius 1 is 1.11 bits per heavy atom. The quantitative estimate of drug-likeness (QED) is 0.139. The number of carbonyl (C=O) groups excluding carboxylic acids is 3. The first-order chi connectivity index (χ1) is 26.6. The lowest BCUT2D eigenvalue weighted by molar-refractivity contribution is -0.141. The van der Waals surface area contributed by atoms with Crippen LogP contribution in [0.3, 0.4) is 0 Å². The number of nitrogens with one attached hydrogen (secondary N) is 3. The number of hydrogen-bond acceptors (Lipinski definition) is 11. The lowest BCUT2D eigenvalue weighted by atomic mass is 9.85. The van der Waals surface area contributed by atoms with Crippen LogP contribution in [0.15, 0.2) is 72.6 Å². The predicted molar refractivity (Wildman–Crippen MR) is 216 cm³/mol. The minimum Gasteiger partial charge on any atom is -0.497 e. The van der Waals surface area contributed by atoms with Crippen molar-refractivity contribution < 1.29 is 32.3 Å². The van der Waals surface area contributed by atoms with Crippen LogP contribution in [-0.4, -0.2) is 83.6 Å². The largest absolute Gasteiger partial charge is 0.497 e. The van der Waals surface area contributed by atoms with E-state index in [1.807, 2.05) is 87.7 Å². The number of aryl methyl sites for hydroxylation is 1. The number of hydrogen-bond donors (Lipinski definition) is 3. The number of pyridine rings is 1. The van der Waals surface area contributed by atoms with Gasteiger partial charge in [-0.2, -0.15) is 0 Å². The van der Waals surface area contributed by atoms with Gasteiger partial charge >= 0.3 is 0 Å². The highest BCUT2D eigenvalue weighted by Gasteiger charge is 2.62. The fourth-order valence-electron chi connectivity index (χ4n) is 7.20. The highest BCUT2D eigenvalue weighted by atomic mass is 32.2. The first-order valence-corrected chi connectivity index (χ1v) is 21.3. The second-order valence-corrected chi connectivity index (χ2v) is 18.7. The highest BCUT2D eigenvalue weighted by molar-refractivity contribution is 7.91. The number of benzene rings is 2. The van der Waals surface area contributed by atoms with Crippen LogP contribution >= 0.6 is 11.3 Å². The zero-order chi connectivity index (χ0) is 40.0. The van der Waals surface area contributed by atoms with E-state index in [1.54, 1.807) is 13.2 Å². The molecule has 13 nitrogen and oxygen atoms in total. The Morgan fingerprint density at radius 3 is 2.48 bits per heavy atom. The van der Waals surface area contributed by atoms with E-state index >= 15 is 0 Å². The number of thiazole rings is 1. The van der Waals surface area contributed by atoms with Crippen molar-refractivity contribution in [3.05, 3.63) is 78.3 Å². The maximum atomic E-state index is 14.8. The van der Waals surface area contributed by atoms with E-state index in [0.717, 1.165) is 23.1 Å². The molecule has 3 aliphatic rings. The van der Waals surface area contributed by atoms with Gasteiger partial charge in [0.05, 0.1) is 35.8 Å². The zero-order valence-electron chi connectivity index (χ0n) is 32.2. The number of nitrogens with zero attached hydrogens (tertiary/aromatic N) is 3. The van der Waals surface area contributed by atoms with Crippen LogP contribution in [0.4, 0.5) is 5.13 Å². The summed E-state index contributed by atoms with van der Waals surface area (Å²) in [6.45, 7) is 11.7. The Bertz CT molecular complexity index is 2270. The molecule has 5 atom stereocenters. The second kappa shape index (κ2) is 15.1. The van der Waals surface area contributed by atoms with Crippen molar-refractivity contribution in [2.45, 2.75) is 88.8 Å². The van der Waals surface area contributed by atoms with Crippen molar-refractivity contribution in [2.24, 2.45) is 11.3 Å². The predicted octanol–water partition coefficient (Wildman–Crippen LogP) is 5.47. The average molecular weight is 801 g/mol. The van der Waals surface area contributed by atoms with Gasteiger partial charge in [0.15, 0.2) is 5.13 Å². The minimum absolute atomic E-state index is 0.0596. The Morgan fingerprint density at radius 2 is 1.86 bits per heavy atom. The molecule has 0 radical (unpaired) electrons. The van der Waals surface area contributed by atoms with Crippen LogP contribution in [0.2, 0.25) is 0 Å². The highest BCUT2D eigenvalue weighted by Crippen LogP contribution is 2.46. The van der Waals surface area contributed by atoms with Crippen LogP contribution in [0.5, 0.6) is 11.5 Å². The molecule has 1 saturated heterocycles. The lowest BCUT2D eigenvalue weighted by Gasteiger charge is -2.35. The molecule has 3 amide bonds. The zero-order valence-corrected chi connectivity index (χ0v) is 33.8. The van der Waals surface area contributed by atoms with E-state index in [9.17, 15) is 22.8 Å². The van der Waals surface area contributed by atoms with Gasteiger partial charge in [-0.15, -0.1) is 17.9 Å². The summed E-state index contributed by atoms with van der Waals surface area (Å²) in [5.74, 6) is -1.07. The molecule has 2 aliphatic carbocycles. The molecule has 56 heavy (non-hydrogen) atoms. The molecule has 2 aromatic heterocycles. The third-order valence-corrected chi connectivity index (χ3v) is 13.4. The summed E-state index contributed by atoms with van der Waals surface area (Å²) in [6.07, 6.45) is 2.87. The van der Waals surface area contributed by atoms with Gasteiger partial charge in [0.25, 0.3) is 5.91 Å². The van der Waals surface area contributed by atoms with Gasteiger partial charge in [-0.05, 0) is 43.2 Å². The number of amides is 3. The van der Waals surface area contributed by atoms with E-state index < -0.39 is 62.1 Å². The normalized spacial score (nSPS) is 22.6. The van der Waals surface area contributed by atoms with Crippen molar-refractivity contribution in [1.82, 2.24) is 24.9 Å². The number of anilines is 1. The standard InChI is InChI=1S/C41H48N6O7S2/c1-7-25-21-41(25,38(50)46-56(51,52)29-15-16-29)45-36(48)33-19-28(22-47(33)37(49)35(40(3,4)5)44-39-42-26(8-2)23-55-39)54-34-20-31(24-12-10-9-11-13-24)43-32-18-27(53-6)14-17-30(32)34/h7,9-14,17-18,20,23,25,28-29,33,35H,1,8,15-16,19,21-22H2,2-6H3,(H,42,44)(H,45,48)(H,46,50)/t25-,28?,33?,35-,41-/m1/s1. The number of fused-ring (bicyclic) bond motifs is 1. The number of ether oxygens (including phenoxy) is 2. The molecule has 4 aromatic rings. The van der Waals surface area contributed by atoms with Gasteiger partial charge in [0.2, 0.25) is 21.8 Å². The smallest absolute Gasteiger partial charge is 0.259 e. The van der Waals surface area contributed by atoms with Crippen molar-refractivity contribution in [1.29, 1.82) is 0 Å². The average Bonchev–Trinajstić information content (AvgIpc) is 4.07. The van der Waals surface area contributed by atoms with E-state index in [0.29, 0.717) is 40.7 Å².